The number of hydrogen-bond acceptors (Lipinski definition) is 0. The van der Waals surface area contributed by atoms with Crippen LogP contribution >= 0.6 is 0 Å². The van der Waals surface area contributed by atoms with Gasteiger partial charge in [0.2, 0.25) is 0 Å². The van der Waals surface area contributed by atoms with E-state index in [9.17, 15) is 17.6 Å². The van der Waals surface area contributed by atoms with E-state index in [-0.39, 0.29) is 6.42 Å². The molecular weight excluding hydrogens is 184 g/mol. The minimum absolute atomic E-state index is 0.224. The van der Waals surface area contributed by atoms with Crippen LogP contribution in [-0.2, 0) is 0 Å². The van der Waals surface area contributed by atoms with E-state index in [4.69, 9.17) is 0 Å². The molecule has 72 valence electrons. The lowest BCUT2D eigenvalue weighted by atomic mass is 10.2. The highest BCUT2D eigenvalue weighted by molar-refractivity contribution is 5.36. The predicted octanol–water partition coefficient (Wildman–Crippen LogP) is 3.68. The Morgan fingerprint density at radius 1 is 1.31 bits per heavy atom. The van der Waals surface area contributed by atoms with Crippen molar-refractivity contribution in [2.45, 2.75) is 19.5 Å². The average Bonchev–Trinajstić information content (AvgIpc) is 2.13. The van der Waals surface area contributed by atoms with Crippen molar-refractivity contribution in [1.82, 2.24) is 0 Å². The van der Waals surface area contributed by atoms with Gasteiger partial charge in [0.1, 0.15) is 5.83 Å². The first-order valence-electron chi connectivity index (χ1n) is 3.72. The van der Waals surface area contributed by atoms with Crippen molar-refractivity contribution in [2.24, 2.45) is 0 Å². The molecule has 0 unspecified atom stereocenters. The van der Waals surface area contributed by atoms with Gasteiger partial charge in [-0.25, -0.2) is 4.39 Å². The quantitative estimate of drug-likeness (QED) is 0.513. The van der Waals surface area contributed by atoms with Crippen molar-refractivity contribution in [1.29, 1.82) is 0 Å². The van der Waals surface area contributed by atoms with Crippen molar-refractivity contribution in [3.8, 4) is 0 Å². The van der Waals surface area contributed by atoms with Crippen molar-refractivity contribution in [2.75, 3.05) is 0 Å². The van der Waals surface area contributed by atoms with Crippen molar-refractivity contribution in [3.05, 3.63) is 35.2 Å². The van der Waals surface area contributed by atoms with Crippen LogP contribution < -0.4 is 0 Å². The largest absolute Gasteiger partial charge is 0.416 e. The summed E-state index contributed by atoms with van der Waals surface area (Å²) in [6, 6.07) is 0. The molecule has 0 nitrogen and oxygen atoms in total. The van der Waals surface area contributed by atoms with Crippen LogP contribution in [0.15, 0.2) is 35.2 Å². The molecule has 0 aromatic carbocycles. The molecule has 1 rings (SSSR count). The molecule has 1 aliphatic rings. The Bertz CT molecular complexity index is 291. The second kappa shape index (κ2) is 3.36. The third-order valence-corrected chi connectivity index (χ3v) is 1.74. The molecule has 4 heteroatoms. The second-order valence-corrected chi connectivity index (χ2v) is 2.83. The van der Waals surface area contributed by atoms with Crippen molar-refractivity contribution in [3.63, 3.8) is 0 Å². The number of halogens is 4. The molecule has 0 bridgehead atoms. The van der Waals surface area contributed by atoms with Crippen molar-refractivity contribution < 1.29 is 17.6 Å². The van der Waals surface area contributed by atoms with E-state index >= 15 is 0 Å². The van der Waals surface area contributed by atoms with Crippen LogP contribution in [0.1, 0.15) is 13.3 Å². The van der Waals surface area contributed by atoms with E-state index in [1.807, 2.05) is 0 Å². The van der Waals surface area contributed by atoms with E-state index < -0.39 is 17.6 Å². The Balaban J connectivity index is 3.07. The summed E-state index contributed by atoms with van der Waals surface area (Å²) >= 11 is 0. The lowest BCUT2D eigenvalue weighted by molar-refractivity contribution is -0.0883. The van der Waals surface area contributed by atoms with Crippen LogP contribution in [0.5, 0.6) is 0 Å². The van der Waals surface area contributed by atoms with Gasteiger partial charge in [0, 0.05) is 0 Å². The summed E-state index contributed by atoms with van der Waals surface area (Å²) < 4.78 is 49.2. The first-order chi connectivity index (χ1) is 5.91. The summed E-state index contributed by atoms with van der Waals surface area (Å²) in [6.07, 6.45) is -1.52. The van der Waals surface area contributed by atoms with E-state index in [0.717, 1.165) is 6.08 Å². The summed E-state index contributed by atoms with van der Waals surface area (Å²) in [5.41, 5.74) is -0.627. The number of hydrogen-bond donors (Lipinski definition) is 0. The molecule has 0 fully saturated rings. The van der Waals surface area contributed by atoms with E-state index in [1.165, 1.54) is 13.0 Å². The van der Waals surface area contributed by atoms with Gasteiger partial charge in [-0.2, -0.15) is 13.2 Å². The van der Waals surface area contributed by atoms with Crippen LogP contribution in [0.25, 0.3) is 0 Å². The summed E-state index contributed by atoms with van der Waals surface area (Å²) in [6.45, 7) is 1.47. The lowest BCUT2D eigenvalue weighted by Gasteiger charge is -2.05. The highest BCUT2D eigenvalue weighted by Crippen LogP contribution is 2.30. The zero-order valence-electron chi connectivity index (χ0n) is 6.95. The van der Waals surface area contributed by atoms with Crippen LogP contribution in [0.3, 0.4) is 0 Å². The van der Waals surface area contributed by atoms with Crippen LogP contribution in [0.4, 0.5) is 17.6 Å². The standard InChI is InChI=1S/C9H8F4/c1-6-3-2-4-7(5-8(6)10)9(11,12)13/h2,4-5H,3H2,1H3. The Kier molecular flexibility index (Phi) is 2.59. The zero-order chi connectivity index (χ0) is 10.1. The summed E-state index contributed by atoms with van der Waals surface area (Å²) in [4.78, 5) is 0. The van der Waals surface area contributed by atoms with Gasteiger partial charge in [0.25, 0.3) is 0 Å². The van der Waals surface area contributed by atoms with E-state index in [2.05, 4.69) is 0 Å². The molecule has 0 heterocycles. The number of alkyl halides is 3. The lowest BCUT2D eigenvalue weighted by Crippen LogP contribution is -2.09. The van der Waals surface area contributed by atoms with E-state index in [1.54, 1.807) is 0 Å². The van der Waals surface area contributed by atoms with Crippen LogP contribution in [0, 0.1) is 0 Å². The predicted molar refractivity (Wildman–Crippen MR) is 41.7 cm³/mol. The van der Waals surface area contributed by atoms with Gasteiger partial charge in [-0.1, -0.05) is 12.2 Å². The fraction of sp³-hybridized carbons (Fsp3) is 0.333. The molecule has 0 saturated heterocycles. The maximum absolute atomic E-state index is 12.9. The Labute approximate surface area is 73.2 Å². The minimum Gasteiger partial charge on any atom is -0.207 e. The fourth-order valence-corrected chi connectivity index (χ4v) is 0.944. The SMILES string of the molecule is CC1=C(F)C=C(C(F)(F)F)C=CC1. The third kappa shape index (κ3) is 2.44. The maximum atomic E-state index is 12.9. The molecule has 0 aliphatic heterocycles. The molecule has 0 radical (unpaired) electrons. The Morgan fingerprint density at radius 3 is 2.46 bits per heavy atom. The molecule has 0 atom stereocenters. The Hall–Kier alpha value is -1.06. The monoisotopic (exact) mass is 192 g/mol. The smallest absolute Gasteiger partial charge is 0.207 e. The topological polar surface area (TPSA) is 0 Å². The molecule has 0 amide bonds. The number of allylic oxidation sites excluding steroid dienone is 6. The molecule has 1 aliphatic carbocycles. The van der Waals surface area contributed by atoms with Gasteiger partial charge in [0.15, 0.2) is 0 Å². The minimum atomic E-state index is -4.47. The normalized spacial score (nSPS) is 18.7. The molecule has 13 heavy (non-hydrogen) atoms. The third-order valence-electron chi connectivity index (χ3n) is 1.74. The highest BCUT2D eigenvalue weighted by atomic mass is 19.4. The average molecular weight is 192 g/mol. The zero-order valence-corrected chi connectivity index (χ0v) is 6.95. The molecule has 0 aromatic rings. The number of rotatable bonds is 0. The van der Waals surface area contributed by atoms with Crippen LogP contribution in [-0.4, -0.2) is 6.18 Å². The van der Waals surface area contributed by atoms with Gasteiger partial charge in [0.05, 0.1) is 5.57 Å². The molecule has 0 saturated carbocycles. The van der Waals surface area contributed by atoms with Gasteiger partial charge in [-0.05, 0) is 25.0 Å². The molecule has 0 aromatic heterocycles. The summed E-state index contributed by atoms with van der Waals surface area (Å²) in [5.74, 6) is -0.794. The van der Waals surface area contributed by atoms with Crippen LogP contribution in [0.2, 0.25) is 0 Å². The van der Waals surface area contributed by atoms with Gasteiger partial charge in [-0.15, -0.1) is 0 Å². The first-order valence-corrected chi connectivity index (χ1v) is 3.72. The maximum Gasteiger partial charge on any atom is 0.416 e. The van der Waals surface area contributed by atoms with Crippen molar-refractivity contribution >= 4 is 0 Å². The second-order valence-electron chi connectivity index (χ2n) is 2.83. The molecular formula is C9H8F4. The van der Waals surface area contributed by atoms with Gasteiger partial charge in [-0.3, -0.25) is 0 Å². The fourth-order valence-electron chi connectivity index (χ4n) is 0.944. The van der Waals surface area contributed by atoms with Gasteiger partial charge >= 0.3 is 6.18 Å². The Morgan fingerprint density at radius 2 is 1.92 bits per heavy atom. The van der Waals surface area contributed by atoms with Gasteiger partial charge < -0.3 is 0 Å². The molecule has 0 N–H and O–H groups in total. The van der Waals surface area contributed by atoms with E-state index in [0.29, 0.717) is 11.6 Å². The summed E-state index contributed by atoms with van der Waals surface area (Å²) in [7, 11) is 0. The highest BCUT2D eigenvalue weighted by Gasteiger charge is 2.32. The molecule has 0 spiro atoms. The summed E-state index contributed by atoms with van der Waals surface area (Å²) in [5, 5.41) is 0. The first kappa shape index (κ1) is 10.0.